The zero-order valence-electron chi connectivity index (χ0n) is 22.4. The van der Waals surface area contributed by atoms with Gasteiger partial charge in [-0.25, -0.2) is 18.4 Å². The average Bonchev–Trinajstić information content (AvgIpc) is 3.59. The molecule has 2 aliphatic rings. The summed E-state index contributed by atoms with van der Waals surface area (Å²) in [5.74, 6) is -2.49. The first-order chi connectivity index (χ1) is 20.4. The molecule has 0 bridgehead atoms. The molecule has 1 aliphatic carbocycles. The Morgan fingerprint density at radius 3 is 2.49 bits per heavy atom. The normalized spacial score (nSPS) is 24.5. The summed E-state index contributed by atoms with van der Waals surface area (Å²) >= 11 is 5.65. The summed E-state index contributed by atoms with van der Waals surface area (Å²) < 4.78 is 79.0. The lowest BCUT2D eigenvalue weighted by Gasteiger charge is -2.42. The van der Waals surface area contributed by atoms with Gasteiger partial charge in [0, 0.05) is 17.3 Å². The van der Waals surface area contributed by atoms with E-state index in [-0.39, 0.29) is 34.4 Å². The van der Waals surface area contributed by atoms with Gasteiger partial charge in [0.2, 0.25) is 0 Å². The minimum Gasteiger partial charge on any atom is -0.394 e. The molecule has 1 aliphatic heterocycles. The lowest BCUT2D eigenvalue weighted by molar-refractivity contribution is -0.210. The molecule has 0 unspecified atom stereocenters. The molecule has 9 nitrogen and oxygen atoms in total. The predicted octanol–water partition coefficient (Wildman–Crippen LogP) is 4.66. The molecule has 15 heteroatoms. The van der Waals surface area contributed by atoms with Crippen molar-refractivity contribution in [2.75, 3.05) is 6.61 Å². The number of halogens is 6. The minimum atomic E-state index is -4.74. The fraction of sp³-hybridized carbons (Fsp3) is 0.393. The van der Waals surface area contributed by atoms with Crippen LogP contribution in [-0.2, 0) is 10.9 Å². The molecule has 5 atom stereocenters. The second kappa shape index (κ2) is 10.9. The molecular weight excluding hydrogens is 601 g/mol. The maximum atomic E-state index is 14.6. The number of hydrogen-bond donors (Lipinski definition) is 3. The SMILES string of the molecule is Cc1nc([C@@H]2O[C@H](CO)[C@H](O)[C@H](n3cc(-c4ccc(Cl)c(F)c4F)cn3)[C@H]2O)n(-c2cc(C3CC3)ccc2C(F)(F)F)n1. The second-order valence-corrected chi connectivity index (χ2v) is 11.1. The van der Waals surface area contributed by atoms with Crippen LogP contribution in [0.2, 0.25) is 5.02 Å². The molecule has 4 aromatic rings. The molecule has 6 rings (SSSR count). The number of rotatable bonds is 6. The van der Waals surface area contributed by atoms with Gasteiger partial charge in [0.1, 0.15) is 36.3 Å². The number of ether oxygens (including phenoxy) is 1. The van der Waals surface area contributed by atoms with Gasteiger partial charge < -0.3 is 20.1 Å². The Balaban J connectivity index is 1.42. The molecule has 43 heavy (non-hydrogen) atoms. The number of nitrogens with zero attached hydrogens (tertiary/aromatic N) is 5. The van der Waals surface area contributed by atoms with Crippen LogP contribution in [0.1, 0.15) is 53.7 Å². The van der Waals surface area contributed by atoms with Crippen LogP contribution in [0.3, 0.4) is 0 Å². The van der Waals surface area contributed by atoms with E-state index in [1.165, 1.54) is 37.5 Å². The van der Waals surface area contributed by atoms with E-state index in [2.05, 4.69) is 15.2 Å². The first-order valence-electron chi connectivity index (χ1n) is 13.3. The van der Waals surface area contributed by atoms with Gasteiger partial charge in [0.25, 0.3) is 0 Å². The van der Waals surface area contributed by atoms with Crippen LogP contribution >= 0.6 is 11.6 Å². The van der Waals surface area contributed by atoms with E-state index < -0.39 is 65.5 Å². The number of hydrogen-bond acceptors (Lipinski definition) is 7. The smallest absolute Gasteiger partial charge is 0.394 e. The van der Waals surface area contributed by atoms with Crippen LogP contribution in [-0.4, -0.2) is 64.8 Å². The van der Waals surface area contributed by atoms with Crippen molar-refractivity contribution < 1.29 is 42.0 Å². The molecule has 2 aromatic carbocycles. The van der Waals surface area contributed by atoms with Crippen LogP contribution in [0.5, 0.6) is 0 Å². The first kappa shape index (κ1) is 29.6. The third kappa shape index (κ3) is 5.31. The molecule has 0 amide bonds. The molecule has 2 fully saturated rings. The van der Waals surface area contributed by atoms with Gasteiger partial charge >= 0.3 is 6.18 Å². The van der Waals surface area contributed by atoms with Crippen molar-refractivity contribution in [3.63, 3.8) is 0 Å². The van der Waals surface area contributed by atoms with Crippen LogP contribution in [0, 0.1) is 18.6 Å². The Bertz CT molecular complexity index is 1670. The van der Waals surface area contributed by atoms with Crippen molar-refractivity contribution in [2.24, 2.45) is 0 Å². The third-order valence-electron chi connectivity index (χ3n) is 7.74. The van der Waals surface area contributed by atoms with Crippen molar-refractivity contribution in [3.05, 3.63) is 82.2 Å². The highest BCUT2D eigenvalue weighted by Crippen LogP contribution is 2.44. The first-order valence-corrected chi connectivity index (χ1v) is 13.7. The zero-order chi connectivity index (χ0) is 30.8. The van der Waals surface area contributed by atoms with Crippen LogP contribution in [0.25, 0.3) is 16.8 Å². The molecule has 228 valence electrons. The number of aromatic nitrogens is 5. The van der Waals surface area contributed by atoms with Crippen molar-refractivity contribution in [1.29, 1.82) is 0 Å². The molecule has 3 N–H and O–H groups in total. The van der Waals surface area contributed by atoms with Crippen molar-refractivity contribution in [1.82, 2.24) is 24.5 Å². The monoisotopic (exact) mass is 625 g/mol. The standard InChI is InChI=1S/C28H25ClF5N5O4/c1-12-36-27(39(37-12)19-8-14(13-2-3-13)4-6-17(19)28(32,33)34)26-25(42)23(24(41)20(11-40)43-26)38-10-15(9-35-38)16-5-7-18(29)22(31)21(16)30/h4-10,13,20,23-26,40-42H,2-3,11H2,1H3/t20-,23+,24+,25-,26-/m1/s1. The fourth-order valence-electron chi connectivity index (χ4n) is 5.44. The van der Waals surface area contributed by atoms with E-state index in [9.17, 15) is 37.3 Å². The lowest BCUT2D eigenvalue weighted by Crippen LogP contribution is -2.53. The number of alkyl halides is 3. The molecule has 0 spiro atoms. The zero-order valence-corrected chi connectivity index (χ0v) is 23.1. The Hall–Kier alpha value is -3.43. The largest absolute Gasteiger partial charge is 0.418 e. The highest BCUT2D eigenvalue weighted by atomic mass is 35.5. The maximum Gasteiger partial charge on any atom is 0.418 e. The molecule has 0 radical (unpaired) electrons. The van der Waals surface area contributed by atoms with E-state index in [0.29, 0.717) is 5.56 Å². The van der Waals surface area contributed by atoms with Crippen molar-refractivity contribution >= 4 is 11.6 Å². The molecule has 1 saturated heterocycles. The molecule has 1 saturated carbocycles. The highest BCUT2D eigenvalue weighted by Gasteiger charge is 2.49. The summed E-state index contributed by atoms with van der Waals surface area (Å²) in [6.45, 7) is 0.729. The van der Waals surface area contributed by atoms with E-state index in [4.69, 9.17) is 16.3 Å². The van der Waals surface area contributed by atoms with Gasteiger partial charge in [0.05, 0.1) is 29.1 Å². The molecule has 3 heterocycles. The molecule has 2 aromatic heterocycles. The summed E-state index contributed by atoms with van der Waals surface area (Å²) in [5, 5.41) is 40.5. The Morgan fingerprint density at radius 1 is 1.07 bits per heavy atom. The van der Waals surface area contributed by atoms with Gasteiger partial charge in [-0.15, -0.1) is 0 Å². The Morgan fingerprint density at radius 2 is 1.81 bits per heavy atom. The van der Waals surface area contributed by atoms with Crippen LogP contribution < -0.4 is 0 Å². The van der Waals surface area contributed by atoms with Gasteiger partial charge in [0.15, 0.2) is 17.5 Å². The molecular formula is C28H25ClF5N5O4. The topological polar surface area (TPSA) is 118 Å². The van der Waals surface area contributed by atoms with E-state index in [1.54, 1.807) is 0 Å². The van der Waals surface area contributed by atoms with Crippen molar-refractivity contribution in [2.45, 2.75) is 62.3 Å². The predicted molar refractivity (Wildman–Crippen MR) is 141 cm³/mol. The Kier molecular flexibility index (Phi) is 7.53. The summed E-state index contributed by atoms with van der Waals surface area (Å²) in [5.41, 5.74) is -0.693. The third-order valence-corrected chi connectivity index (χ3v) is 8.03. The fourth-order valence-corrected chi connectivity index (χ4v) is 5.59. The number of aliphatic hydroxyl groups excluding tert-OH is 3. The highest BCUT2D eigenvalue weighted by molar-refractivity contribution is 6.30. The van der Waals surface area contributed by atoms with Crippen LogP contribution in [0.4, 0.5) is 22.0 Å². The number of aryl methyl sites for hydroxylation is 1. The summed E-state index contributed by atoms with van der Waals surface area (Å²) in [4.78, 5) is 4.28. The van der Waals surface area contributed by atoms with Gasteiger partial charge in [-0.3, -0.25) is 4.68 Å². The minimum absolute atomic E-state index is 0.0839. The van der Waals surface area contributed by atoms with Gasteiger partial charge in [-0.05, 0) is 55.5 Å². The van der Waals surface area contributed by atoms with Gasteiger partial charge in [-0.1, -0.05) is 17.7 Å². The lowest BCUT2D eigenvalue weighted by atomic mass is 9.92. The maximum absolute atomic E-state index is 14.6. The van der Waals surface area contributed by atoms with E-state index in [0.717, 1.165) is 34.3 Å². The van der Waals surface area contributed by atoms with E-state index >= 15 is 0 Å². The quantitative estimate of drug-likeness (QED) is 0.211. The van der Waals surface area contributed by atoms with Crippen molar-refractivity contribution in [3.8, 4) is 16.8 Å². The number of aliphatic hydroxyl groups is 3. The van der Waals surface area contributed by atoms with E-state index in [1.807, 2.05) is 0 Å². The second-order valence-electron chi connectivity index (χ2n) is 10.7. The Labute approximate surface area is 246 Å². The average molecular weight is 626 g/mol. The van der Waals surface area contributed by atoms with Crippen LogP contribution in [0.15, 0.2) is 42.7 Å². The summed E-state index contributed by atoms with van der Waals surface area (Å²) in [6, 6.07) is 4.84. The summed E-state index contributed by atoms with van der Waals surface area (Å²) in [6.07, 6.45) is -6.72. The summed E-state index contributed by atoms with van der Waals surface area (Å²) in [7, 11) is 0. The van der Waals surface area contributed by atoms with Gasteiger partial charge in [-0.2, -0.15) is 23.4 Å². The number of benzene rings is 2.